The van der Waals surface area contributed by atoms with Crippen LogP contribution in [-0.2, 0) is 11.3 Å². The largest absolute Gasteiger partial charge is 0.494 e. The fraction of sp³-hybridized carbons (Fsp3) is 0.364. The van der Waals surface area contributed by atoms with E-state index in [9.17, 15) is 9.18 Å². The van der Waals surface area contributed by atoms with Crippen LogP contribution in [0, 0.1) is 5.82 Å². The first-order chi connectivity index (χ1) is 14.4. The Morgan fingerprint density at radius 1 is 1.27 bits per heavy atom. The van der Waals surface area contributed by atoms with E-state index in [1.54, 1.807) is 12.1 Å². The van der Waals surface area contributed by atoms with Gasteiger partial charge in [-0.1, -0.05) is 0 Å². The highest BCUT2D eigenvalue weighted by Gasteiger charge is 2.18. The second kappa shape index (κ2) is 9.80. The molecule has 0 fully saturated rings. The molecule has 1 N–H and O–H groups in total. The number of hydrogen-bond donors (Lipinski definition) is 1. The van der Waals surface area contributed by atoms with E-state index in [1.807, 2.05) is 36.6 Å². The number of carbonyl (C=O) groups is 1. The molecule has 3 aromatic rings. The quantitative estimate of drug-likeness (QED) is 0.401. The molecule has 0 aliphatic rings. The van der Waals surface area contributed by atoms with Crippen molar-refractivity contribution < 1.29 is 18.7 Å². The van der Waals surface area contributed by atoms with Gasteiger partial charge in [0.2, 0.25) is 5.91 Å². The summed E-state index contributed by atoms with van der Waals surface area (Å²) in [6.45, 7) is 4.39. The first-order valence-corrected chi connectivity index (χ1v) is 10.3. The van der Waals surface area contributed by atoms with Crippen LogP contribution in [0.2, 0.25) is 0 Å². The summed E-state index contributed by atoms with van der Waals surface area (Å²) in [6.07, 6.45) is 0.740. The summed E-state index contributed by atoms with van der Waals surface area (Å²) in [5.41, 5.74) is 2.09. The summed E-state index contributed by atoms with van der Waals surface area (Å²) >= 11 is 5.70. The predicted molar refractivity (Wildman–Crippen MR) is 116 cm³/mol. The zero-order valence-corrected chi connectivity index (χ0v) is 18.0. The van der Waals surface area contributed by atoms with E-state index >= 15 is 0 Å². The van der Waals surface area contributed by atoms with Gasteiger partial charge in [-0.2, -0.15) is 0 Å². The number of ether oxygens (including phenoxy) is 2. The van der Waals surface area contributed by atoms with Gasteiger partial charge in [0.1, 0.15) is 18.1 Å². The second-order valence-electron chi connectivity index (χ2n) is 7.13. The molecule has 30 heavy (non-hydrogen) atoms. The third-order valence-corrected chi connectivity index (χ3v) is 4.69. The number of methoxy groups -OCH3 is 1. The number of rotatable bonds is 9. The first kappa shape index (κ1) is 21.9. The van der Waals surface area contributed by atoms with E-state index in [4.69, 9.17) is 26.1 Å². The van der Waals surface area contributed by atoms with Crippen molar-refractivity contribution in [3.63, 3.8) is 0 Å². The number of imidazole rings is 1. The van der Waals surface area contributed by atoms with E-state index in [2.05, 4.69) is 5.32 Å². The minimum atomic E-state index is -0.462. The van der Waals surface area contributed by atoms with E-state index < -0.39 is 5.82 Å². The molecule has 8 heteroatoms. The Labute approximate surface area is 180 Å². The molecule has 0 radical (unpaired) electrons. The standard InChI is InChI=1S/C22H25ClFN3O3/c1-14(2)25-21(28)13-27-19-8-6-16(30-10-4-9-23)12-18(19)26-22(27)15-5-7-17(24)20(11-15)29-3/h5-8,11-12,14H,4,9-10,13H2,1-3H3,(H,25,28). The summed E-state index contributed by atoms with van der Waals surface area (Å²) < 4.78 is 26.5. The smallest absolute Gasteiger partial charge is 0.240 e. The number of aromatic nitrogens is 2. The molecule has 0 bridgehead atoms. The number of fused-ring (bicyclic) bond motifs is 1. The van der Waals surface area contributed by atoms with Crippen molar-refractivity contribution in [2.24, 2.45) is 0 Å². The number of benzene rings is 2. The normalized spacial score (nSPS) is 11.1. The van der Waals surface area contributed by atoms with Gasteiger partial charge in [0.25, 0.3) is 0 Å². The molecule has 2 aromatic carbocycles. The molecule has 0 aliphatic carbocycles. The minimum Gasteiger partial charge on any atom is -0.494 e. The van der Waals surface area contributed by atoms with Crippen molar-refractivity contribution in [3.8, 4) is 22.9 Å². The van der Waals surface area contributed by atoms with E-state index in [1.165, 1.54) is 13.2 Å². The first-order valence-electron chi connectivity index (χ1n) is 9.75. The third-order valence-electron chi connectivity index (χ3n) is 4.43. The Morgan fingerprint density at radius 2 is 2.07 bits per heavy atom. The topological polar surface area (TPSA) is 65.4 Å². The maximum atomic E-state index is 13.9. The van der Waals surface area contributed by atoms with Crippen LogP contribution in [0.5, 0.6) is 11.5 Å². The number of nitrogens with one attached hydrogen (secondary N) is 1. The summed E-state index contributed by atoms with van der Waals surface area (Å²) in [7, 11) is 1.41. The number of alkyl halides is 1. The lowest BCUT2D eigenvalue weighted by atomic mass is 10.2. The molecule has 0 spiro atoms. The maximum Gasteiger partial charge on any atom is 0.240 e. The predicted octanol–water partition coefficient (Wildman–Crippen LogP) is 4.38. The molecule has 1 amide bonds. The lowest BCUT2D eigenvalue weighted by Crippen LogP contribution is -2.33. The maximum absolute atomic E-state index is 13.9. The van der Waals surface area contributed by atoms with Crippen LogP contribution < -0.4 is 14.8 Å². The van der Waals surface area contributed by atoms with Crippen molar-refractivity contribution in [2.75, 3.05) is 19.6 Å². The van der Waals surface area contributed by atoms with Gasteiger partial charge < -0.3 is 19.4 Å². The Kier molecular flexibility index (Phi) is 7.15. The number of carbonyl (C=O) groups excluding carboxylic acids is 1. The molecule has 0 aliphatic heterocycles. The van der Waals surface area contributed by atoms with E-state index in [-0.39, 0.29) is 24.2 Å². The highest BCUT2D eigenvalue weighted by Crippen LogP contribution is 2.30. The lowest BCUT2D eigenvalue weighted by molar-refractivity contribution is -0.122. The van der Waals surface area contributed by atoms with Gasteiger partial charge in [0.15, 0.2) is 11.6 Å². The Balaban J connectivity index is 2.06. The van der Waals surface area contributed by atoms with Crippen LogP contribution in [0.1, 0.15) is 20.3 Å². The fourth-order valence-corrected chi connectivity index (χ4v) is 3.24. The van der Waals surface area contributed by atoms with Crippen molar-refractivity contribution in [3.05, 3.63) is 42.2 Å². The van der Waals surface area contributed by atoms with Gasteiger partial charge in [0, 0.05) is 23.6 Å². The fourth-order valence-electron chi connectivity index (χ4n) is 3.13. The lowest BCUT2D eigenvalue weighted by Gasteiger charge is -2.13. The summed E-state index contributed by atoms with van der Waals surface area (Å²) in [5, 5.41) is 2.89. The summed E-state index contributed by atoms with van der Waals surface area (Å²) in [6, 6.07) is 10.1. The van der Waals surface area contributed by atoms with Crippen LogP contribution in [0.15, 0.2) is 36.4 Å². The van der Waals surface area contributed by atoms with Gasteiger partial charge in [-0.25, -0.2) is 9.37 Å². The van der Waals surface area contributed by atoms with Gasteiger partial charge in [-0.15, -0.1) is 11.6 Å². The summed E-state index contributed by atoms with van der Waals surface area (Å²) in [5.74, 6) is 1.26. The number of amides is 1. The number of halogens is 2. The molecular weight excluding hydrogens is 409 g/mol. The molecule has 3 rings (SSSR count). The van der Waals surface area contributed by atoms with Gasteiger partial charge in [-0.05, 0) is 50.6 Å². The molecule has 1 heterocycles. The third kappa shape index (κ3) is 5.02. The molecule has 6 nitrogen and oxygen atoms in total. The average Bonchev–Trinajstić information content (AvgIpc) is 3.05. The summed E-state index contributed by atoms with van der Waals surface area (Å²) in [4.78, 5) is 17.2. The van der Waals surface area contributed by atoms with Crippen LogP contribution in [0.25, 0.3) is 22.4 Å². The Morgan fingerprint density at radius 3 is 2.77 bits per heavy atom. The highest BCUT2D eigenvalue weighted by atomic mass is 35.5. The van der Waals surface area contributed by atoms with Crippen molar-refractivity contribution >= 4 is 28.5 Å². The molecule has 0 saturated heterocycles. The zero-order valence-electron chi connectivity index (χ0n) is 17.2. The molecule has 0 unspecified atom stereocenters. The highest BCUT2D eigenvalue weighted by molar-refractivity contribution is 6.17. The minimum absolute atomic E-state index is 0.0172. The van der Waals surface area contributed by atoms with Crippen LogP contribution in [0.3, 0.4) is 0 Å². The van der Waals surface area contributed by atoms with Crippen LogP contribution >= 0.6 is 11.6 Å². The molecule has 1 aromatic heterocycles. The second-order valence-corrected chi connectivity index (χ2v) is 7.51. The van der Waals surface area contributed by atoms with Crippen molar-refractivity contribution in [2.45, 2.75) is 32.9 Å². The Bertz CT molecular complexity index is 1040. The monoisotopic (exact) mass is 433 g/mol. The Hall–Kier alpha value is -2.80. The average molecular weight is 434 g/mol. The molecule has 0 atom stereocenters. The van der Waals surface area contributed by atoms with Gasteiger partial charge >= 0.3 is 0 Å². The number of nitrogens with zero attached hydrogens (tertiary/aromatic N) is 2. The zero-order chi connectivity index (χ0) is 21.7. The van der Waals surface area contributed by atoms with Crippen molar-refractivity contribution in [1.29, 1.82) is 0 Å². The van der Waals surface area contributed by atoms with Crippen LogP contribution in [0.4, 0.5) is 4.39 Å². The number of hydrogen-bond acceptors (Lipinski definition) is 4. The van der Waals surface area contributed by atoms with Crippen LogP contribution in [-0.4, -0.2) is 41.1 Å². The molecular formula is C22H25ClFN3O3. The van der Waals surface area contributed by atoms with Gasteiger partial charge in [0.05, 0.1) is 24.8 Å². The van der Waals surface area contributed by atoms with E-state index in [0.29, 0.717) is 35.1 Å². The molecule has 160 valence electrons. The van der Waals surface area contributed by atoms with E-state index in [0.717, 1.165) is 11.9 Å². The molecule has 0 saturated carbocycles. The van der Waals surface area contributed by atoms with Crippen molar-refractivity contribution in [1.82, 2.24) is 14.9 Å². The van der Waals surface area contributed by atoms with Gasteiger partial charge in [-0.3, -0.25) is 4.79 Å². The SMILES string of the molecule is COc1cc(-c2nc3cc(OCCCCl)ccc3n2CC(=O)NC(C)C)ccc1F.